The zero-order valence-electron chi connectivity index (χ0n) is 12.9. The molecule has 1 aromatic rings. The van der Waals surface area contributed by atoms with Gasteiger partial charge in [0.15, 0.2) is 0 Å². The zero-order valence-corrected chi connectivity index (χ0v) is 12.9. The summed E-state index contributed by atoms with van der Waals surface area (Å²) in [4.78, 5) is 22.8. The molecule has 2 fully saturated rings. The fraction of sp³-hybridized carbons (Fsp3) is 0.688. The van der Waals surface area contributed by atoms with Gasteiger partial charge in [-0.05, 0) is 38.2 Å². The lowest BCUT2D eigenvalue weighted by Crippen LogP contribution is -2.48. The van der Waals surface area contributed by atoms with Crippen LogP contribution in [0.1, 0.15) is 38.5 Å². The van der Waals surface area contributed by atoms with Gasteiger partial charge in [0.05, 0.1) is 6.10 Å². The summed E-state index contributed by atoms with van der Waals surface area (Å²) in [5.74, 6) is 0.886. The largest absolute Gasteiger partial charge is 0.378 e. The fourth-order valence-electron chi connectivity index (χ4n) is 3.20. The molecular formula is C16H24N4O2. The van der Waals surface area contributed by atoms with E-state index in [-0.39, 0.29) is 18.1 Å². The van der Waals surface area contributed by atoms with E-state index in [1.807, 2.05) is 6.07 Å². The van der Waals surface area contributed by atoms with Crippen molar-refractivity contribution in [3.05, 3.63) is 18.5 Å². The van der Waals surface area contributed by atoms with E-state index < -0.39 is 0 Å². The Hall–Kier alpha value is -1.69. The molecule has 1 aromatic heterocycles. The molecular weight excluding hydrogens is 280 g/mol. The first-order valence-electron chi connectivity index (χ1n) is 8.24. The van der Waals surface area contributed by atoms with Crippen LogP contribution in [-0.2, 0) is 9.53 Å². The second-order valence-corrected chi connectivity index (χ2v) is 6.08. The zero-order chi connectivity index (χ0) is 15.2. The van der Waals surface area contributed by atoms with Gasteiger partial charge in [-0.1, -0.05) is 0 Å². The van der Waals surface area contributed by atoms with Crippen LogP contribution < -0.4 is 10.2 Å². The molecule has 0 radical (unpaired) electrons. The van der Waals surface area contributed by atoms with E-state index in [1.165, 1.54) is 0 Å². The topological polar surface area (TPSA) is 67.3 Å². The molecule has 3 rings (SSSR count). The fourth-order valence-corrected chi connectivity index (χ4v) is 3.20. The van der Waals surface area contributed by atoms with Gasteiger partial charge in [-0.25, -0.2) is 9.97 Å². The number of carbonyl (C=O) groups is 1. The van der Waals surface area contributed by atoms with Crippen molar-refractivity contribution in [3.63, 3.8) is 0 Å². The molecule has 3 heterocycles. The molecule has 2 atom stereocenters. The summed E-state index contributed by atoms with van der Waals surface area (Å²) in [5, 5.41) is 3.15. The number of hydrogen-bond donors (Lipinski definition) is 1. The maximum absolute atomic E-state index is 12.1. The lowest BCUT2D eigenvalue weighted by molar-refractivity contribution is -0.122. The Morgan fingerprint density at radius 3 is 2.95 bits per heavy atom. The van der Waals surface area contributed by atoms with E-state index in [9.17, 15) is 4.79 Å². The highest BCUT2D eigenvalue weighted by Gasteiger charge is 2.23. The molecule has 1 N–H and O–H groups in total. The van der Waals surface area contributed by atoms with Crippen LogP contribution in [0.4, 0.5) is 5.95 Å². The number of rotatable bonds is 5. The second kappa shape index (κ2) is 7.54. The number of carbonyl (C=O) groups excluding carboxylic acids is 1. The van der Waals surface area contributed by atoms with Gasteiger partial charge < -0.3 is 15.0 Å². The van der Waals surface area contributed by atoms with Crippen molar-refractivity contribution in [2.24, 2.45) is 0 Å². The lowest BCUT2D eigenvalue weighted by atomic mass is 10.1. The summed E-state index contributed by atoms with van der Waals surface area (Å²) < 4.78 is 5.56. The smallest absolute Gasteiger partial charge is 0.225 e. The van der Waals surface area contributed by atoms with Gasteiger partial charge in [0.1, 0.15) is 0 Å². The van der Waals surface area contributed by atoms with Crippen molar-refractivity contribution in [1.29, 1.82) is 0 Å². The number of anilines is 1. The number of amides is 1. The molecule has 0 aliphatic carbocycles. The standard InChI is InChI=1S/C16H24N4O2/c21-15(7-6-14-5-2-11-22-14)19-13-4-1-10-20(12-13)16-17-8-3-9-18-16/h3,8-9,13-14H,1-2,4-7,10-12H2,(H,19,21)/t13-,14+/m1/s1. The van der Waals surface area contributed by atoms with Crippen LogP contribution in [0.25, 0.3) is 0 Å². The number of hydrogen-bond acceptors (Lipinski definition) is 5. The molecule has 0 unspecified atom stereocenters. The summed E-state index contributed by atoms with van der Waals surface area (Å²) in [5.41, 5.74) is 0. The van der Waals surface area contributed by atoms with Crippen LogP contribution in [-0.4, -0.2) is 47.7 Å². The highest BCUT2D eigenvalue weighted by molar-refractivity contribution is 5.76. The minimum Gasteiger partial charge on any atom is -0.378 e. The van der Waals surface area contributed by atoms with Crippen LogP contribution in [0.2, 0.25) is 0 Å². The van der Waals surface area contributed by atoms with E-state index >= 15 is 0 Å². The summed E-state index contributed by atoms with van der Waals surface area (Å²) in [6.45, 7) is 2.59. The summed E-state index contributed by atoms with van der Waals surface area (Å²) in [6, 6.07) is 2.01. The number of nitrogens with one attached hydrogen (secondary N) is 1. The van der Waals surface area contributed by atoms with Gasteiger partial charge in [0.25, 0.3) is 0 Å². The van der Waals surface area contributed by atoms with E-state index in [0.717, 1.165) is 57.7 Å². The minimum absolute atomic E-state index is 0.135. The van der Waals surface area contributed by atoms with Crippen molar-refractivity contribution in [2.75, 3.05) is 24.6 Å². The van der Waals surface area contributed by atoms with Crippen molar-refractivity contribution >= 4 is 11.9 Å². The summed E-state index contributed by atoms with van der Waals surface area (Å²) in [7, 11) is 0. The third kappa shape index (κ3) is 4.16. The van der Waals surface area contributed by atoms with Crippen molar-refractivity contribution in [2.45, 2.75) is 50.7 Å². The first-order valence-corrected chi connectivity index (χ1v) is 8.24. The predicted molar refractivity (Wildman–Crippen MR) is 83.6 cm³/mol. The molecule has 6 nitrogen and oxygen atoms in total. The van der Waals surface area contributed by atoms with Crippen molar-refractivity contribution in [3.8, 4) is 0 Å². The Kier molecular flexibility index (Phi) is 5.21. The Morgan fingerprint density at radius 1 is 1.32 bits per heavy atom. The van der Waals surface area contributed by atoms with Gasteiger partial charge in [0.2, 0.25) is 11.9 Å². The Balaban J connectivity index is 1.44. The average Bonchev–Trinajstić information content (AvgIpc) is 3.08. The highest BCUT2D eigenvalue weighted by Crippen LogP contribution is 2.18. The SMILES string of the molecule is O=C(CC[C@@H]1CCCO1)N[C@@H]1CCCN(c2ncccn2)C1. The predicted octanol–water partition coefficient (Wildman–Crippen LogP) is 1.52. The third-order valence-corrected chi connectivity index (χ3v) is 4.34. The normalized spacial score (nSPS) is 25.2. The molecule has 1 amide bonds. The monoisotopic (exact) mass is 304 g/mol. The van der Waals surface area contributed by atoms with Crippen LogP contribution in [0.15, 0.2) is 18.5 Å². The molecule has 6 heteroatoms. The van der Waals surface area contributed by atoms with Gasteiger partial charge >= 0.3 is 0 Å². The molecule has 2 saturated heterocycles. The number of piperidine rings is 1. The molecule has 0 bridgehead atoms. The maximum atomic E-state index is 12.1. The average molecular weight is 304 g/mol. The van der Waals surface area contributed by atoms with E-state index in [4.69, 9.17) is 4.74 Å². The first-order chi connectivity index (χ1) is 10.8. The van der Waals surface area contributed by atoms with Gasteiger partial charge in [0, 0.05) is 44.6 Å². The van der Waals surface area contributed by atoms with E-state index in [1.54, 1.807) is 12.4 Å². The van der Waals surface area contributed by atoms with Gasteiger partial charge in [-0.15, -0.1) is 0 Å². The van der Waals surface area contributed by atoms with Crippen molar-refractivity contribution in [1.82, 2.24) is 15.3 Å². The minimum atomic E-state index is 0.135. The molecule has 0 spiro atoms. The van der Waals surface area contributed by atoms with Crippen LogP contribution in [0.5, 0.6) is 0 Å². The van der Waals surface area contributed by atoms with E-state index in [2.05, 4.69) is 20.2 Å². The quantitative estimate of drug-likeness (QED) is 0.893. The summed E-state index contributed by atoms with van der Waals surface area (Å²) >= 11 is 0. The Bertz CT molecular complexity index is 476. The maximum Gasteiger partial charge on any atom is 0.225 e. The first kappa shape index (κ1) is 15.2. The molecule has 120 valence electrons. The van der Waals surface area contributed by atoms with Crippen LogP contribution in [0, 0.1) is 0 Å². The lowest BCUT2D eigenvalue weighted by Gasteiger charge is -2.33. The summed E-state index contributed by atoms with van der Waals surface area (Å²) in [6.07, 6.45) is 9.48. The third-order valence-electron chi connectivity index (χ3n) is 4.34. The molecule has 22 heavy (non-hydrogen) atoms. The number of aromatic nitrogens is 2. The number of nitrogens with zero attached hydrogens (tertiary/aromatic N) is 3. The highest BCUT2D eigenvalue weighted by atomic mass is 16.5. The molecule has 2 aliphatic heterocycles. The van der Waals surface area contributed by atoms with Gasteiger partial charge in [-0.2, -0.15) is 0 Å². The number of ether oxygens (including phenoxy) is 1. The van der Waals surface area contributed by atoms with Gasteiger partial charge in [-0.3, -0.25) is 4.79 Å². The Labute approximate surface area is 131 Å². The van der Waals surface area contributed by atoms with Crippen LogP contribution in [0.3, 0.4) is 0 Å². The second-order valence-electron chi connectivity index (χ2n) is 6.08. The molecule has 2 aliphatic rings. The Morgan fingerprint density at radius 2 is 2.18 bits per heavy atom. The van der Waals surface area contributed by atoms with Crippen molar-refractivity contribution < 1.29 is 9.53 Å². The van der Waals surface area contributed by atoms with Crippen LogP contribution >= 0.6 is 0 Å². The van der Waals surface area contributed by atoms with E-state index in [0.29, 0.717) is 6.42 Å². The molecule has 0 aromatic carbocycles. The molecule has 0 saturated carbocycles.